The summed E-state index contributed by atoms with van der Waals surface area (Å²) in [4.78, 5) is 174. The molecule has 0 radical (unpaired) electrons. The minimum Gasteiger partial charge on any atom is -0.444 e. The maximum absolute atomic E-state index is 13.7. The van der Waals surface area contributed by atoms with E-state index in [9.17, 15) is 97.9 Å². The summed E-state index contributed by atoms with van der Waals surface area (Å²) in [7, 11) is 0. The Hall–Kier alpha value is -12.5. The van der Waals surface area contributed by atoms with E-state index in [0.717, 1.165) is 181 Å². The Morgan fingerprint density at radius 3 is 1.01 bits per heavy atom. The molecule has 11 N–H and O–H groups in total. The fraction of sp³-hybridized carbons (Fsp3) is 0.590. The van der Waals surface area contributed by atoms with Crippen molar-refractivity contribution in [3.8, 4) is 0 Å². The standard InChI is InChI=1S/C35H46F2N6O6.C30H38F2N6O4.C22H38F2N4O2.C13H9FN2O4/c1-35(2,3)49-34(48)39-25-20-42(41-29(25)30(36)37)22-15-13-21(14-16-22)10-7-5-4-6-8-19-38-24-12-9-11-23-28(24)33(47)43(32(23)46)26-17-18-27(44)40-31(26)45;31-27(32)26-21(33)17-37(36-26)19-12-10-18(11-13-19)7-4-2-1-3-5-16-34-22-9-6-8-20-25(22)30(42)38(29(20)41)23-14-15-24(39)35-28(23)40;1-22(2,3)30-21(29)26-18-15-28(27-19(18)20(23)24)17-12-10-16(11-13-17)9-7-5-4-6-8-14-25;14-7-3-1-2-6-10(7)13(20)16(12(6)19)8-4-5-9(17)15-11(8)18/h9,11-12,20-22,26,30,38H,4-8,10,13-19H2,1-3H3,(H,39,48)(H,40,44,45);6,8-9,17-19,23,27,34H,1-5,7,10-16,33H2,(H,35,39,40);15-17,20H,4-14,25H2,1-3H3,(H,26,29);1-3,8H,4-5H2,(H,15,17,18). The number of aromatic nitrogens is 6. The number of alkyl halides is 6. The van der Waals surface area contributed by atoms with Gasteiger partial charge in [0.15, 0.2) is 17.1 Å². The van der Waals surface area contributed by atoms with Crippen molar-refractivity contribution in [2.75, 3.05) is 46.6 Å². The zero-order valence-electron chi connectivity index (χ0n) is 80.8. The lowest BCUT2D eigenvalue weighted by molar-refractivity contribution is -0.137. The van der Waals surface area contributed by atoms with E-state index < -0.39 is 149 Å². The molecule has 9 heterocycles. The van der Waals surface area contributed by atoms with Crippen LogP contribution in [0, 0.1) is 23.6 Å². The molecule has 3 atom stereocenters. The normalized spacial score (nSPS) is 21.4. The van der Waals surface area contributed by atoms with E-state index in [1.165, 1.54) is 63.1 Å². The average Bonchev–Trinajstić information content (AvgIpc) is 1.61. The van der Waals surface area contributed by atoms with Gasteiger partial charge in [0.2, 0.25) is 35.4 Å². The van der Waals surface area contributed by atoms with E-state index >= 15 is 0 Å². The second-order valence-corrected chi connectivity index (χ2v) is 39.7. The molecule has 15 rings (SSSR count). The van der Waals surface area contributed by atoms with Crippen molar-refractivity contribution in [3.63, 3.8) is 0 Å². The van der Waals surface area contributed by atoms with Gasteiger partial charge < -0.3 is 31.6 Å². The maximum Gasteiger partial charge on any atom is 0.412 e. The van der Waals surface area contributed by atoms with Gasteiger partial charge in [0.05, 0.1) is 68.6 Å². The fourth-order valence-corrected chi connectivity index (χ4v) is 19.9. The molecular weight excluding hydrogens is 1840 g/mol. The van der Waals surface area contributed by atoms with Crippen molar-refractivity contribution in [1.82, 2.24) is 60.0 Å². The van der Waals surface area contributed by atoms with Crippen molar-refractivity contribution in [3.05, 3.63) is 129 Å². The number of hydrogen-bond acceptors (Lipinski definition) is 23. The summed E-state index contributed by atoms with van der Waals surface area (Å²) in [5, 5.41) is 30.2. The van der Waals surface area contributed by atoms with Crippen molar-refractivity contribution >= 4 is 112 Å². The number of benzene rings is 3. The number of nitrogens with two attached hydrogens (primary N) is 2. The number of nitrogen functional groups attached to an aromatic ring is 1. The number of amides is 14. The smallest absolute Gasteiger partial charge is 0.412 e. The summed E-state index contributed by atoms with van der Waals surface area (Å²) < 4.78 is 109. The number of piperidine rings is 3. The highest BCUT2D eigenvalue weighted by atomic mass is 19.3. The van der Waals surface area contributed by atoms with Crippen LogP contribution in [-0.4, -0.2) is 176 Å². The predicted molar refractivity (Wildman–Crippen MR) is 507 cm³/mol. The fourth-order valence-electron chi connectivity index (χ4n) is 19.9. The molecule has 6 fully saturated rings. The van der Waals surface area contributed by atoms with Crippen LogP contribution in [0.5, 0.6) is 0 Å². The minimum atomic E-state index is -2.81. The van der Waals surface area contributed by atoms with Crippen molar-refractivity contribution in [2.24, 2.45) is 23.5 Å². The van der Waals surface area contributed by atoms with Crippen LogP contribution in [0.1, 0.15) is 389 Å². The summed E-state index contributed by atoms with van der Waals surface area (Å²) in [5.41, 5.74) is 10.5. The molecule has 3 saturated carbocycles. The number of nitrogens with zero attached hydrogens (tertiary/aromatic N) is 9. The Morgan fingerprint density at radius 2 is 0.695 bits per heavy atom. The van der Waals surface area contributed by atoms with Crippen LogP contribution in [0.25, 0.3) is 0 Å². The van der Waals surface area contributed by atoms with Crippen LogP contribution >= 0.6 is 0 Å². The molecule has 9 aliphatic rings. The van der Waals surface area contributed by atoms with Gasteiger partial charge >= 0.3 is 12.2 Å². The van der Waals surface area contributed by atoms with Gasteiger partial charge in [0, 0.05) is 62.3 Å². The number of halogens is 7. The van der Waals surface area contributed by atoms with E-state index in [-0.39, 0.29) is 113 Å². The number of carbonyl (C=O) groups excluding carboxylic acids is 14. The first-order valence-electron chi connectivity index (χ1n) is 49.5. The van der Waals surface area contributed by atoms with E-state index in [1.807, 2.05) is 0 Å². The predicted octanol–water partition coefficient (Wildman–Crippen LogP) is 18.2. The van der Waals surface area contributed by atoms with Gasteiger partial charge in [-0.05, 0) is 218 Å². The second-order valence-electron chi connectivity index (χ2n) is 39.7. The molecule has 3 aliphatic carbocycles. The molecule has 141 heavy (non-hydrogen) atoms. The SMILES string of the molecule is CC(C)(C)OC(=O)Nc1cn(C2CCC(CCCCCCCN)CC2)nc1C(F)F.CC(C)(C)OC(=O)Nc1cn(C2CCC(CCCCCCCNc3cccc4c3C(=O)N(C3CCC(=O)NC3=O)C4=O)CC2)nc1C(F)F.Nc1cn(C2CCC(CCCCCCCNc3cccc4c3C(=O)N(C3CCC(=O)NC3=O)C4=O)CC2)nc1C(F)F.O=C1CCC(N2C(=O)c3cccc(F)c3C2=O)C(=O)N1. The van der Waals surface area contributed by atoms with Crippen molar-refractivity contribution in [2.45, 2.75) is 339 Å². The maximum atomic E-state index is 13.7. The van der Waals surface area contributed by atoms with Gasteiger partial charge in [0.1, 0.15) is 35.1 Å². The first-order chi connectivity index (χ1) is 67.3. The molecule has 3 unspecified atom stereocenters. The number of imide groups is 6. The van der Waals surface area contributed by atoms with Gasteiger partial charge in [-0.15, -0.1) is 0 Å². The quantitative estimate of drug-likeness (QED) is 0.0100. The molecule has 0 spiro atoms. The van der Waals surface area contributed by atoms with E-state index in [1.54, 1.807) is 98.2 Å². The van der Waals surface area contributed by atoms with Gasteiger partial charge in [-0.2, -0.15) is 15.3 Å². The number of fused-ring (bicyclic) bond motifs is 3. The van der Waals surface area contributed by atoms with Gasteiger partial charge in [-0.1, -0.05) is 115 Å². The zero-order chi connectivity index (χ0) is 102. The van der Waals surface area contributed by atoms with Crippen LogP contribution in [-0.2, 0) is 38.2 Å². The molecular formula is C100H131F7N18O16. The topological polar surface area (TPSA) is 457 Å². The highest BCUT2D eigenvalue weighted by Gasteiger charge is 2.50. The largest absolute Gasteiger partial charge is 0.444 e. The van der Waals surface area contributed by atoms with E-state index in [2.05, 4.69) is 52.5 Å². The number of anilines is 5. The summed E-state index contributed by atoms with van der Waals surface area (Å²) in [6.07, 6.45) is 27.2. The molecule has 3 aromatic carbocycles. The lowest BCUT2D eigenvalue weighted by Gasteiger charge is -2.28. The van der Waals surface area contributed by atoms with Crippen LogP contribution in [0.4, 0.5) is 68.8 Å². The third-order valence-corrected chi connectivity index (χ3v) is 27.2. The van der Waals surface area contributed by atoms with Crippen LogP contribution in [0.15, 0.2) is 73.2 Å². The van der Waals surface area contributed by atoms with Crippen LogP contribution < -0.4 is 48.7 Å². The first kappa shape index (κ1) is 107. The Labute approximate surface area is 814 Å². The van der Waals surface area contributed by atoms with Crippen LogP contribution in [0.3, 0.4) is 0 Å². The Morgan fingerprint density at radius 1 is 0.390 bits per heavy atom. The van der Waals surface area contributed by atoms with Gasteiger partial charge in [-0.3, -0.25) is 113 Å². The lowest BCUT2D eigenvalue weighted by atomic mass is 9.83. The third-order valence-electron chi connectivity index (χ3n) is 27.2. The van der Waals surface area contributed by atoms with Crippen LogP contribution in [0.2, 0.25) is 0 Å². The van der Waals surface area contributed by atoms with Gasteiger partial charge in [-0.25, -0.2) is 40.3 Å². The molecule has 6 aliphatic heterocycles. The highest BCUT2D eigenvalue weighted by molar-refractivity contribution is 6.27. The van der Waals surface area contributed by atoms with Crippen molar-refractivity contribution < 1.29 is 107 Å². The minimum absolute atomic E-state index is 0.00944. The molecule has 766 valence electrons. The summed E-state index contributed by atoms with van der Waals surface area (Å²) >= 11 is 0. The Balaban J connectivity index is 0.000000176. The number of ether oxygens (including phenoxy) is 2. The Kier molecular flexibility index (Phi) is 37.5. The third kappa shape index (κ3) is 28.3. The summed E-state index contributed by atoms with van der Waals surface area (Å²) in [5.74, 6) is -5.65. The Bertz CT molecular complexity index is 5490. The molecule has 0 bridgehead atoms. The molecule has 41 heteroatoms. The van der Waals surface area contributed by atoms with E-state index in [0.29, 0.717) is 42.2 Å². The lowest BCUT2D eigenvalue weighted by Crippen LogP contribution is -2.54. The second kappa shape index (κ2) is 49.3. The molecule has 34 nitrogen and oxygen atoms in total. The van der Waals surface area contributed by atoms with Gasteiger partial charge in [0.25, 0.3) is 54.7 Å². The first-order valence-corrected chi connectivity index (χ1v) is 49.5. The van der Waals surface area contributed by atoms with Crippen molar-refractivity contribution in [1.29, 1.82) is 0 Å². The molecule has 6 aromatic rings. The number of carbonyl (C=O) groups is 14. The number of hydrogen-bond donors (Lipinski definition) is 9. The average molecular weight is 1970 g/mol. The highest BCUT2D eigenvalue weighted by Crippen LogP contribution is 2.43. The summed E-state index contributed by atoms with van der Waals surface area (Å²) in [6, 6.07) is 11.1. The monoisotopic (exact) mass is 1970 g/mol. The molecule has 3 aromatic heterocycles. The molecule has 3 saturated heterocycles. The van der Waals surface area contributed by atoms with E-state index in [4.69, 9.17) is 20.9 Å². The molecule has 14 amide bonds. The number of unbranched alkanes of at least 4 members (excludes halogenated alkanes) is 12. The summed E-state index contributed by atoms with van der Waals surface area (Å²) in [6.45, 7) is 12.4. The number of rotatable bonds is 36. The number of nitrogens with one attached hydrogen (secondary N) is 7. The zero-order valence-corrected chi connectivity index (χ0v) is 80.8.